The first-order valence-corrected chi connectivity index (χ1v) is 6.79. The molecule has 0 saturated heterocycles. The van der Waals surface area contributed by atoms with Crippen molar-refractivity contribution in [2.45, 2.75) is 52.8 Å². The molecule has 1 aliphatic rings. The van der Waals surface area contributed by atoms with Gasteiger partial charge in [-0.1, -0.05) is 27.2 Å². The van der Waals surface area contributed by atoms with Crippen molar-refractivity contribution >= 4 is 0 Å². The highest BCUT2D eigenvalue weighted by Crippen LogP contribution is 2.26. The van der Waals surface area contributed by atoms with Crippen LogP contribution in [0.4, 0.5) is 0 Å². The molecule has 1 aliphatic heterocycles. The number of methoxy groups -OCH3 is 1. The molecule has 2 rings (SSSR count). The third kappa shape index (κ3) is 2.54. The number of nitrogens with zero attached hydrogens (tertiary/aromatic N) is 2. The standard InChI is InChI=1S/C14H23N3O/c1-5-6-11-10-7-15-8-12(10)17-14(16-11)13(18-4)9(2)3/h9,13,15H,5-8H2,1-4H3. The van der Waals surface area contributed by atoms with Crippen molar-refractivity contribution in [3.63, 3.8) is 0 Å². The fraction of sp³-hybridized carbons (Fsp3) is 0.714. The van der Waals surface area contributed by atoms with Gasteiger partial charge in [0.15, 0.2) is 5.82 Å². The van der Waals surface area contributed by atoms with Gasteiger partial charge in [-0.3, -0.25) is 0 Å². The molecule has 1 aromatic heterocycles. The van der Waals surface area contributed by atoms with Gasteiger partial charge in [-0.25, -0.2) is 9.97 Å². The number of nitrogens with one attached hydrogen (secondary N) is 1. The average Bonchev–Trinajstić information content (AvgIpc) is 2.78. The average molecular weight is 249 g/mol. The molecule has 1 aromatic rings. The number of fused-ring (bicyclic) bond motifs is 1. The molecule has 4 nitrogen and oxygen atoms in total. The maximum absolute atomic E-state index is 5.55. The van der Waals surface area contributed by atoms with Gasteiger partial charge in [0.1, 0.15) is 6.10 Å². The van der Waals surface area contributed by atoms with Gasteiger partial charge < -0.3 is 10.1 Å². The van der Waals surface area contributed by atoms with Crippen molar-refractivity contribution < 1.29 is 4.74 Å². The number of hydrogen-bond donors (Lipinski definition) is 1. The molecular weight excluding hydrogens is 226 g/mol. The molecule has 0 amide bonds. The lowest BCUT2D eigenvalue weighted by Gasteiger charge is -2.19. The lowest BCUT2D eigenvalue weighted by Crippen LogP contribution is -2.16. The number of hydrogen-bond acceptors (Lipinski definition) is 4. The summed E-state index contributed by atoms with van der Waals surface area (Å²) in [4.78, 5) is 9.44. The van der Waals surface area contributed by atoms with Gasteiger partial charge in [0.05, 0.1) is 5.69 Å². The van der Waals surface area contributed by atoms with E-state index in [4.69, 9.17) is 9.72 Å². The van der Waals surface area contributed by atoms with Gasteiger partial charge in [-0.15, -0.1) is 0 Å². The molecule has 0 aliphatic carbocycles. The molecule has 0 saturated carbocycles. The summed E-state index contributed by atoms with van der Waals surface area (Å²) in [6, 6.07) is 0. The fourth-order valence-corrected chi connectivity index (χ4v) is 2.51. The largest absolute Gasteiger partial charge is 0.373 e. The first-order valence-electron chi connectivity index (χ1n) is 6.79. The van der Waals surface area contributed by atoms with Gasteiger partial charge in [0.25, 0.3) is 0 Å². The Morgan fingerprint density at radius 3 is 2.67 bits per heavy atom. The van der Waals surface area contributed by atoms with E-state index in [0.717, 1.165) is 37.4 Å². The fourth-order valence-electron chi connectivity index (χ4n) is 2.51. The van der Waals surface area contributed by atoms with Crippen LogP contribution >= 0.6 is 0 Å². The maximum Gasteiger partial charge on any atom is 0.157 e. The minimum Gasteiger partial charge on any atom is -0.373 e. The second-order valence-electron chi connectivity index (χ2n) is 5.21. The van der Waals surface area contributed by atoms with Crippen molar-refractivity contribution in [1.82, 2.24) is 15.3 Å². The first kappa shape index (κ1) is 13.4. The van der Waals surface area contributed by atoms with Crippen LogP contribution in [0.1, 0.15) is 56.1 Å². The molecule has 1 atom stereocenters. The van der Waals surface area contributed by atoms with Crippen molar-refractivity contribution in [2.75, 3.05) is 7.11 Å². The maximum atomic E-state index is 5.55. The molecule has 0 radical (unpaired) electrons. The third-order valence-corrected chi connectivity index (χ3v) is 3.39. The highest BCUT2D eigenvalue weighted by atomic mass is 16.5. The molecule has 0 aromatic carbocycles. The second-order valence-corrected chi connectivity index (χ2v) is 5.21. The predicted octanol–water partition coefficient (Wildman–Crippen LogP) is 2.38. The molecule has 0 spiro atoms. The van der Waals surface area contributed by atoms with Gasteiger partial charge in [-0.2, -0.15) is 0 Å². The van der Waals surface area contributed by atoms with Crippen molar-refractivity contribution in [1.29, 1.82) is 0 Å². The number of ether oxygens (including phenoxy) is 1. The van der Waals surface area contributed by atoms with Crippen LogP contribution in [0.25, 0.3) is 0 Å². The summed E-state index contributed by atoms with van der Waals surface area (Å²) in [6.45, 7) is 8.23. The van der Waals surface area contributed by atoms with E-state index in [2.05, 4.69) is 31.1 Å². The number of aromatic nitrogens is 2. The molecule has 0 bridgehead atoms. The molecule has 100 valence electrons. The Morgan fingerprint density at radius 1 is 1.28 bits per heavy atom. The summed E-state index contributed by atoms with van der Waals surface area (Å²) in [5, 5.41) is 3.36. The molecule has 18 heavy (non-hydrogen) atoms. The Kier molecular flexibility index (Phi) is 4.30. The second kappa shape index (κ2) is 5.76. The summed E-state index contributed by atoms with van der Waals surface area (Å²) in [6.07, 6.45) is 2.13. The monoisotopic (exact) mass is 249 g/mol. The van der Waals surface area contributed by atoms with Crippen LogP contribution in [0.3, 0.4) is 0 Å². The van der Waals surface area contributed by atoms with Crippen molar-refractivity contribution in [2.24, 2.45) is 5.92 Å². The Labute approximate surface area is 109 Å². The zero-order valence-corrected chi connectivity index (χ0v) is 11.8. The first-order chi connectivity index (χ1) is 8.67. The van der Waals surface area contributed by atoms with E-state index in [1.54, 1.807) is 7.11 Å². The topological polar surface area (TPSA) is 47.0 Å². The van der Waals surface area contributed by atoms with E-state index in [0.29, 0.717) is 5.92 Å². The van der Waals surface area contributed by atoms with Crippen molar-refractivity contribution in [3.8, 4) is 0 Å². The Bertz CT molecular complexity index is 418. The Balaban J connectivity index is 2.40. The molecular formula is C14H23N3O. The molecule has 1 N–H and O–H groups in total. The number of rotatable bonds is 5. The minimum absolute atomic E-state index is 0.00786. The smallest absolute Gasteiger partial charge is 0.157 e. The predicted molar refractivity (Wildman–Crippen MR) is 71.2 cm³/mol. The summed E-state index contributed by atoms with van der Waals surface area (Å²) < 4.78 is 5.55. The van der Waals surface area contributed by atoms with Crippen LogP contribution in [0.15, 0.2) is 0 Å². The summed E-state index contributed by atoms with van der Waals surface area (Å²) in [5.41, 5.74) is 3.66. The van der Waals surface area contributed by atoms with Gasteiger partial charge in [0.2, 0.25) is 0 Å². The van der Waals surface area contributed by atoms with E-state index in [1.165, 1.54) is 11.3 Å². The highest BCUT2D eigenvalue weighted by molar-refractivity contribution is 5.30. The van der Waals surface area contributed by atoms with Gasteiger partial charge >= 0.3 is 0 Å². The molecule has 0 fully saturated rings. The quantitative estimate of drug-likeness (QED) is 0.870. The van der Waals surface area contributed by atoms with Crippen molar-refractivity contribution in [3.05, 3.63) is 22.8 Å². The highest BCUT2D eigenvalue weighted by Gasteiger charge is 2.24. The summed E-state index contributed by atoms with van der Waals surface area (Å²) in [7, 11) is 1.74. The van der Waals surface area contributed by atoms with Crippen LogP contribution in [-0.4, -0.2) is 17.1 Å². The van der Waals surface area contributed by atoms with Crippen LogP contribution in [0.2, 0.25) is 0 Å². The number of aryl methyl sites for hydroxylation is 1. The van der Waals surface area contributed by atoms with E-state index < -0.39 is 0 Å². The molecule has 4 heteroatoms. The SMILES string of the molecule is CCCc1nc(C(OC)C(C)C)nc2c1CNC2. The lowest BCUT2D eigenvalue weighted by atomic mass is 10.0. The zero-order chi connectivity index (χ0) is 13.1. The summed E-state index contributed by atoms with van der Waals surface area (Å²) >= 11 is 0. The van der Waals surface area contributed by atoms with E-state index in [1.807, 2.05) is 0 Å². The molecule has 2 heterocycles. The van der Waals surface area contributed by atoms with Gasteiger partial charge in [0, 0.05) is 31.5 Å². The zero-order valence-electron chi connectivity index (χ0n) is 11.8. The van der Waals surface area contributed by atoms with Crippen LogP contribution in [-0.2, 0) is 24.2 Å². The Hall–Kier alpha value is -1.00. The van der Waals surface area contributed by atoms with Crippen LogP contribution < -0.4 is 5.32 Å². The van der Waals surface area contributed by atoms with E-state index >= 15 is 0 Å². The Morgan fingerprint density at radius 2 is 2.06 bits per heavy atom. The van der Waals surface area contributed by atoms with Crippen LogP contribution in [0, 0.1) is 5.92 Å². The molecule has 1 unspecified atom stereocenters. The van der Waals surface area contributed by atoms with E-state index in [-0.39, 0.29) is 6.10 Å². The lowest BCUT2D eigenvalue weighted by molar-refractivity contribution is 0.0571. The minimum atomic E-state index is -0.00786. The third-order valence-electron chi connectivity index (χ3n) is 3.39. The summed E-state index contributed by atoms with van der Waals surface area (Å²) in [5.74, 6) is 1.23. The van der Waals surface area contributed by atoms with E-state index in [9.17, 15) is 0 Å². The normalized spacial score (nSPS) is 16.1. The van der Waals surface area contributed by atoms with Gasteiger partial charge in [-0.05, 0) is 12.3 Å². The van der Waals surface area contributed by atoms with Crippen LogP contribution in [0.5, 0.6) is 0 Å².